The Balaban J connectivity index is 3.88. The summed E-state index contributed by atoms with van der Waals surface area (Å²) in [6, 6.07) is -1.24. The van der Waals surface area contributed by atoms with Crippen LogP contribution in [-0.4, -0.2) is 17.8 Å². The van der Waals surface area contributed by atoms with Gasteiger partial charge in [-0.3, -0.25) is 4.79 Å². The maximum Gasteiger partial charge on any atom is 0.349 e. The van der Waals surface area contributed by atoms with E-state index in [0.29, 0.717) is 0 Å². The van der Waals surface area contributed by atoms with Crippen molar-refractivity contribution in [3.63, 3.8) is 0 Å². The summed E-state index contributed by atoms with van der Waals surface area (Å²) in [5, 5.41) is 0. The highest BCUT2D eigenvalue weighted by molar-refractivity contribution is 6.01. The van der Waals surface area contributed by atoms with Gasteiger partial charge in [0, 0.05) is 0 Å². The topological polar surface area (TPSA) is 95.4 Å². The van der Waals surface area contributed by atoms with Crippen LogP contribution in [0.15, 0.2) is 0 Å². The fourth-order valence-electron chi connectivity index (χ4n) is 0.239. The molecule has 0 fully saturated rings. The summed E-state index contributed by atoms with van der Waals surface area (Å²) in [4.78, 5) is 24.2. The standard InChI is InChI=1S/C4H8N2O3/c1-2(7)3(5)4(8)9-6/h3H,5-6H2,1H3. The minimum absolute atomic E-state index is 0.467. The SMILES string of the molecule is CC(=O)C(N)C(=O)ON. The van der Waals surface area contributed by atoms with Crippen LogP contribution >= 0.6 is 0 Å². The monoisotopic (exact) mass is 132 g/mol. The fraction of sp³-hybridized carbons (Fsp3) is 0.500. The molecule has 0 saturated heterocycles. The van der Waals surface area contributed by atoms with Crippen LogP contribution < -0.4 is 11.6 Å². The highest BCUT2D eigenvalue weighted by atomic mass is 16.7. The van der Waals surface area contributed by atoms with E-state index in [0.717, 1.165) is 0 Å². The number of carbonyl (C=O) groups is 2. The third kappa shape index (κ3) is 2.20. The summed E-state index contributed by atoms with van der Waals surface area (Å²) < 4.78 is 0. The quantitative estimate of drug-likeness (QED) is 0.345. The van der Waals surface area contributed by atoms with Crippen molar-refractivity contribution >= 4 is 11.8 Å². The molecule has 0 saturated carbocycles. The zero-order valence-corrected chi connectivity index (χ0v) is 4.96. The molecule has 0 radical (unpaired) electrons. The molecule has 0 rings (SSSR count). The third-order valence-corrected chi connectivity index (χ3v) is 0.808. The molecule has 0 bridgehead atoms. The molecule has 0 aliphatic carbocycles. The molecule has 0 amide bonds. The third-order valence-electron chi connectivity index (χ3n) is 0.808. The molecule has 9 heavy (non-hydrogen) atoms. The average molecular weight is 132 g/mol. The van der Waals surface area contributed by atoms with Crippen LogP contribution in [0.1, 0.15) is 6.92 Å². The van der Waals surface area contributed by atoms with Gasteiger partial charge in [0.25, 0.3) is 0 Å². The highest BCUT2D eigenvalue weighted by Crippen LogP contribution is 1.81. The van der Waals surface area contributed by atoms with Gasteiger partial charge in [0.2, 0.25) is 0 Å². The summed E-state index contributed by atoms with van der Waals surface area (Å²) >= 11 is 0. The Bertz CT molecular complexity index is 134. The van der Waals surface area contributed by atoms with Crippen molar-refractivity contribution in [1.29, 1.82) is 0 Å². The van der Waals surface area contributed by atoms with E-state index >= 15 is 0 Å². The van der Waals surface area contributed by atoms with E-state index in [-0.39, 0.29) is 0 Å². The van der Waals surface area contributed by atoms with E-state index < -0.39 is 17.8 Å². The van der Waals surface area contributed by atoms with Crippen molar-refractivity contribution in [3.8, 4) is 0 Å². The molecule has 1 atom stereocenters. The molecule has 0 spiro atoms. The van der Waals surface area contributed by atoms with Crippen LogP contribution in [0.25, 0.3) is 0 Å². The number of ketones is 1. The van der Waals surface area contributed by atoms with Gasteiger partial charge in [-0.05, 0) is 6.92 Å². The molecule has 1 unspecified atom stereocenters. The average Bonchev–Trinajstić information content (AvgIpc) is 1.84. The van der Waals surface area contributed by atoms with Crippen molar-refractivity contribution in [2.75, 3.05) is 0 Å². The molecule has 0 aliphatic rings. The second-order valence-corrected chi connectivity index (χ2v) is 1.53. The molecular formula is C4H8N2O3. The number of carbonyl (C=O) groups excluding carboxylic acids is 2. The molecule has 4 N–H and O–H groups in total. The zero-order chi connectivity index (χ0) is 7.44. The van der Waals surface area contributed by atoms with Gasteiger partial charge in [-0.25, -0.2) is 4.79 Å². The van der Waals surface area contributed by atoms with Crippen LogP contribution in [0.4, 0.5) is 0 Å². The smallest absolute Gasteiger partial charge is 0.349 e. The van der Waals surface area contributed by atoms with Gasteiger partial charge in [-0.2, -0.15) is 5.90 Å². The van der Waals surface area contributed by atoms with Gasteiger partial charge in [0.05, 0.1) is 0 Å². The number of rotatable bonds is 2. The molecule has 5 heteroatoms. The van der Waals surface area contributed by atoms with Gasteiger partial charge >= 0.3 is 5.97 Å². The Morgan fingerprint density at radius 1 is 1.56 bits per heavy atom. The summed E-state index contributed by atoms with van der Waals surface area (Å²) in [6.45, 7) is 1.18. The van der Waals surface area contributed by atoms with Crippen molar-refractivity contribution in [2.24, 2.45) is 11.6 Å². The maximum absolute atomic E-state index is 10.3. The lowest BCUT2D eigenvalue weighted by atomic mass is 10.2. The largest absolute Gasteiger partial charge is 0.372 e. The molecule has 0 aromatic carbocycles. The lowest BCUT2D eigenvalue weighted by Crippen LogP contribution is -2.39. The Hall–Kier alpha value is -0.940. The first kappa shape index (κ1) is 8.06. The van der Waals surface area contributed by atoms with E-state index in [1.807, 2.05) is 0 Å². The van der Waals surface area contributed by atoms with Crippen LogP contribution in [-0.2, 0) is 14.4 Å². The van der Waals surface area contributed by atoms with Crippen molar-refractivity contribution < 1.29 is 14.4 Å². The molecule has 0 aliphatic heterocycles. The number of Topliss-reactive ketones (excluding diaryl/α,β-unsaturated/α-hetero) is 1. The molecule has 0 aromatic heterocycles. The first-order chi connectivity index (χ1) is 4.09. The minimum atomic E-state index is -1.24. The lowest BCUT2D eigenvalue weighted by Gasteiger charge is -2.01. The Kier molecular flexibility index (Phi) is 2.83. The van der Waals surface area contributed by atoms with E-state index in [4.69, 9.17) is 5.73 Å². The van der Waals surface area contributed by atoms with E-state index in [2.05, 4.69) is 10.7 Å². The normalized spacial score (nSPS) is 12.3. The number of nitrogens with two attached hydrogens (primary N) is 2. The van der Waals surface area contributed by atoms with Crippen molar-refractivity contribution in [1.82, 2.24) is 0 Å². The molecule has 5 nitrogen and oxygen atoms in total. The van der Waals surface area contributed by atoms with Crippen molar-refractivity contribution in [2.45, 2.75) is 13.0 Å². The van der Waals surface area contributed by atoms with E-state index in [1.54, 1.807) is 0 Å². The van der Waals surface area contributed by atoms with E-state index in [1.165, 1.54) is 6.92 Å². The van der Waals surface area contributed by atoms with Crippen LogP contribution in [0.2, 0.25) is 0 Å². The van der Waals surface area contributed by atoms with Gasteiger partial charge < -0.3 is 10.6 Å². The maximum atomic E-state index is 10.3. The second kappa shape index (κ2) is 3.16. The number of hydrogen-bond acceptors (Lipinski definition) is 5. The van der Waals surface area contributed by atoms with E-state index in [9.17, 15) is 9.59 Å². The lowest BCUT2D eigenvalue weighted by molar-refractivity contribution is -0.148. The molecule has 52 valence electrons. The predicted molar refractivity (Wildman–Crippen MR) is 28.9 cm³/mol. The Morgan fingerprint density at radius 2 is 2.00 bits per heavy atom. The summed E-state index contributed by atoms with van der Waals surface area (Å²) in [6.07, 6.45) is 0. The Morgan fingerprint density at radius 3 is 2.11 bits per heavy atom. The summed E-state index contributed by atoms with van der Waals surface area (Å²) in [5.41, 5.74) is 4.97. The first-order valence-electron chi connectivity index (χ1n) is 2.26. The van der Waals surface area contributed by atoms with Crippen LogP contribution in [0, 0.1) is 0 Å². The Labute approximate surface area is 51.9 Å². The van der Waals surface area contributed by atoms with Crippen molar-refractivity contribution in [3.05, 3.63) is 0 Å². The highest BCUT2D eigenvalue weighted by Gasteiger charge is 2.18. The van der Waals surface area contributed by atoms with Gasteiger partial charge in [-0.1, -0.05) is 0 Å². The van der Waals surface area contributed by atoms with Gasteiger partial charge in [0.15, 0.2) is 11.8 Å². The van der Waals surface area contributed by atoms with Gasteiger partial charge in [-0.15, -0.1) is 0 Å². The van der Waals surface area contributed by atoms with Gasteiger partial charge in [0.1, 0.15) is 0 Å². The second-order valence-electron chi connectivity index (χ2n) is 1.53. The molecule has 0 heterocycles. The summed E-state index contributed by atoms with van der Waals surface area (Å²) in [5.74, 6) is 3.05. The van der Waals surface area contributed by atoms with Crippen LogP contribution in [0.5, 0.6) is 0 Å². The van der Waals surface area contributed by atoms with Crippen LogP contribution in [0.3, 0.4) is 0 Å². The molecular weight excluding hydrogens is 124 g/mol. The fourth-order valence-corrected chi connectivity index (χ4v) is 0.239. The first-order valence-corrected chi connectivity index (χ1v) is 2.26. The predicted octanol–water partition coefficient (Wildman–Crippen LogP) is -1.68. The number of hydrogen-bond donors (Lipinski definition) is 2. The summed E-state index contributed by atoms with van der Waals surface area (Å²) in [7, 11) is 0. The zero-order valence-electron chi connectivity index (χ0n) is 4.96. The minimum Gasteiger partial charge on any atom is -0.372 e. The molecule has 0 aromatic rings.